The molecule has 2 N–H and O–H groups in total. The van der Waals surface area contributed by atoms with E-state index in [4.69, 9.17) is 8.83 Å². The minimum Gasteiger partial charge on any atom is -0.469 e. The van der Waals surface area contributed by atoms with Gasteiger partial charge >= 0.3 is 5.91 Å². The monoisotopic (exact) mass is 413 g/mol. The van der Waals surface area contributed by atoms with Crippen LogP contribution in [0.1, 0.15) is 56.4 Å². The molecule has 2 amide bonds. The van der Waals surface area contributed by atoms with Gasteiger partial charge in [-0.25, -0.2) is 10.4 Å². The van der Waals surface area contributed by atoms with Crippen LogP contribution in [-0.2, 0) is 6.42 Å². The first-order valence-electron chi connectivity index (χ1n) is 10.2. The van der Waals surface area contributed by atoms with Gasteiger partial charge in [0.05, 0.1) is 17.5 Å². The number of nitrogens with one attached hydrogen (secondary N) is 2. The summed E-state index contributed by atoms with van der Waals surface area (Å²) in [7, 11) is 2.07. The van der Waals surface area contributed by atoms with E-state index in [1.54, 1.807) is 13.0 Å². The second-order valence-corrected chi connectivity index (χ2v) is 7.83. The number of hydrogen-bond donors (Lipinski definition) is 2. The van der Waals surface area contributed by atoms with Crippen molar-refractivity contribution in [3.63, 3.8) is 0 Å². The topological polar surface area (TPSA) is 103 Å². The lowest BCUT2D eigenvalue weighted by Crippen LogP contribution is -2.52. The number of likely N-dealkylation sites (N-methyl/N-ethyl adjacent to an activating group) is 1. The summed E-state index contributed by atoms with van der Waals surface area (Å²) in [5, 5.41) is 6.27. The Kier molecular flexibility index (Phi) is 5.74. The Hall–Kier alpha value is -2.91. The van der Waals surface area contributed by atoms with Crippen LogP contribution in [0.2, 0.25) is 0 Å². The first kappa shape index (κ1) is 20.4. The minimum atomic E-state index is -0.324. The summed E-state index contributed by atoms with van der Waals surface area (Å²) in [6.45, 7) is 6.94. The van der Waals surface area contributed by atoms with Crippen LogP contribution < -0.4 is 10.9 Å². The van der Waals surface area contributed by atoms with Gasteiger partial charge < -0.3 is 13.7 Å². The Morgan fingerprint density at radius 3 is 2.57 bits per heavy atom. The summed E-state index contributed by atoms with van der Waals surface area (Å²) in [5.41, 5.74) is 8.31. The Balaban J connectivity index is 1.51. The van der Waals surface area contributed by atoms with Gasteiger partial charge in [-0.1, -0.05) is 0 Å². The number of piperazine rings is 1. The molecule has 2 aromatic rings. The highest BCUT2D eigenvalue weighted by Gasteiger charge is 2.29. The lowest BCUT2D eigenvalue weighted by atomic mass is 9.93. The highest BCUT2D eigenvalue weighted by Crippen LogP contribution is 2.30. The van der Waals surface area contributed by atoms with E-state index in [-0.39, 0.29) is 11.8 Å². The van der Waals surface area contributed by atoms with Gasteiger partial charge in [0.2, 0.25) is 0 Å². The predicted octanol–water partition coefficient (Wildman–Crippen LogP) is 1.85. The molecule has 0 radical (unpaired) electrons. The van der Waals surface area contributed by atoms with Crippen LogP contribution in [0.5, 0.6) is 0 Å². The number of carbonyl (C=O) groups is 2. The van der Waals surface area contributed by atoms with Gasteiger partial charge in [0.1, 0.15) is 11.5 Å². The molecule has 1 aliphatic heterocycles. The quantitative estimate of drug-likeness (QED) is 0.742. The molecule has 2 aliphatic rings. The number of carbonyl (C=O) groups excluding carboxylic acids is 2. The minimum absolute atomic E-state index is 0.246. The number of hydrazone groups is 1. The van der Waals surface area contributed by atoms with Gasteiger partial charge in [-0.15, -0.1) is 0 Å². The highest BCUT2D eigenvalue weighted by atomic mass is 16.4. The summed E-state index contributed by atoms with van der Waals surface area (Å²) in [5.74, 6) is 1.03. The molecule has 1 fully saturated rings. The van der Waals surface area contributed by atoms with E-state index in [9.17, 15) is 9.59 Å². The lowest BCUT2D eigenvalue weighted by Gasteiger charge is -2.32. The molecule has 3 heterocycles. The maximum atomic E-state index is 12.8. The fourth-order valence-electron chi connectivity index (χ4n) is 3.91. The van der Waals surface area contributed by atoms with Crippen LogP contribution >= 0.6 is 0 Å². The standard InChI is InChI=1S/C21H27N5O4/c1-13-18-16(22-23-20(27)15-7-12-29-14(15)2)5-4-6-17(18)30-19(13)21(28)24-26-10-8-25(3)9-11-26/h7,12H,4-6,8-11H2,1-3H3,(H,23,27)(H,24,28)/b22-16+. The average molecular weight is 413 g/mol. The third kappa shape index (κ3) is 4.03. The van der Waals surface area contributed by atoms with Crippen molar-refractivity contribution in [1.82, 2.24) is 20.8 Å². The molecule has 1 aliphatic carbocycles. The molecule has 1 saturated heterocycles. The molecule has 4 rings (SSSR count). The lowest BCUT2D eigenvalue weighted by molar-refractivity contribution is 0.0634. The molecule has 0 unspecified atom stereocenters. The molecule has 30 heavy (non-hydrogen) atoms. The number of hydrazine groups is 1. The van der Waals surface area contributed by atoms with Crippen molar-refractivity contribution >= 4 is 17.5 Å². The van der Waals surface area contributed by atoms with Crippen molar-refractivity contribution < 1.29 is 18.4 Å². The molecule has 0 aromatic carbocycles. The number of hydrogen-bond acceptors (Lipinski definition) is 7. The first-order chi connectivity index (χ1) is 14.4. The van der Waals surface area contributed by atoms with Crippen molar-refractivity contribution in [2.75, 3.05) is 33.2 Å². The second-order valence-electron chi connectivity index (χ2n) is 7.83. The van der Waals surface area contributed by atoms with Crippen LogP contribution in [0.15, 0.2) is 26.3 Å². The summed E-state index contributed by atoms with van der Waals surface area (Å²) >= 11 is 0. The van der Waals surface area contributed by atoms with E-state index in [1.165, 1.54) is 6.26 Å². The molecule has 9 heteroatoms. The Labute approximate surface area is 175 Å². The van der Waals surface area contributed by atoms with Crippen molar-refractivity contribution in [2.24, 2.45) is 5.10 Å². The molecule has 0 spiro atoms. The van der Waals surface area contributed by atoms with Crippen molar-refractivity contribution in [3.05, 3.63) is 46.3 Å². The number of aryl methyl sites for hydroxylation is 2. The fourth-order valence-corrected chi connectivity index (χ4v) is 3.91. The van der Waals surface area contributed by atoms with Crippen LogP contribution in [-0.4, -0.2) is 60.7 Å². The van der Waals surface area contributed by atoms with Crippen molar-refractivity contribution in [3.8, 4) is 0 Å². The normalized spacial score (nSPS) is 19.0. The number of rotatable bonds is 4. The Morgan fingerprint density at radius 2 is 1.87 bits per heavy atom. The van der Waals surface area contributed by atoms with E-state index in [1.807, 2.05) is 11.9 Å². The fraction of sp³-hybridized carbons (Fsp3) is 0.476. The zero-order valence-corrected chi connectivity index (χ0v) is 17.6. The van der Waals surface area contributed by atoms with Gasteiger partial charge in [-0.3, -0.25) is 15.0 Å². The molecule has 2 aromatic heterocycles. The van der Waals surface area contributed by atoms with Gasteiger partial charge in [0.25, 0.3) is 5.91 Å². The molecule has 160 valence electrons. The SMILES string of the molecule is Cc1occc1C(=O)N/N=C1\CCCc2oc(C(=O)NN3CCN(C)CC3)c(C)c21. The molecular formula is C21H27N5O4. The van der Waals surface area contributed by atoms with Crippen LogP contribution in [0.25, 0.3) is 0 Å². The summed E-state index contributed by atoms with van der Waals surface area (Å²) < 4.78 is 11.1. The number of amides is 2. The van der Waals surface area contributed by atoms with Crippen molar-refractivity contribution in [1.29, 1.82) is 0 Å². The Morgan fingerprint density at radius 1 is 1.10 bits per heavy atom. The summed E-state index contributed by atoms with van der Waals surface area (Å²) in [6, 6.07) is 1.61. The van der Waals surface area contributed by atoms with Gasteiger partial charge in [-0.05, 0) is 39.8 Å². The third-order valence-corrected chi connectivity index (χ3v) is 5.69. The van der Waals surface area contributed by atoms with Crippen molar-refractivity contribution in [2.45, 2.75) is 33.1 Å². The molecule has 0 bridgehead atoms. The van der Waals surface area contributed by atoms with E-state index < -0.39 is 0 Å². The first-order valence-corrected chi connectivity index (χ1v) is 10.2. The summed E-state index contributed by atoms with van der Waals surface area (Å²) in [4.78, 5) is 27.4. The maximum Gasteiger partial charge on any atom is 0.301 e. The van der Waals surface area contributed by atoms with Gasteiger partial charge in [0, 0.05) is 43.7 Å². The number of furan rings is 2. The largest absolute Gasteiger partial charge is 0.469 e. The van der Waals surface area contributed by atoms with Gasteiger partial charge in [0.15, 0.2) is 5.76 Å². The molecule has 9 nitrogen and oxygen atoms in total. The Bertz CT molecular complexity index is 982. The van der Waals surface area contributed by atoms with E-state index in [0.717, 1.165) is 61.6 Å². The predicted molar refractivity (Wildman–Crippen MR) is 110 cm³/mol. The van der Waals surface area contributed by atoms with Gasteiger partial charge in [-0.2, -0.15) is 5.10 Å². The smallest absolute Gasteiger partial charge is 0.301 e. The molecule has 0 atom stereocenters. The van der Waals surface area contributed by atoms with Crippen LogP contribution in [0.3, 0.4) is 0 Å². The second kappa shape index (κ2) is 8.45. The van der Waals surface area contributed by atoms with E-state index in [2.05, 4.69) is 27.9 Å². The maximum absolute atomic E-state index is 12.8. The third-order valence-electron chi connectivity index (χ3n) is 5.69. The van der Waals surface area contributed by atoms with E-state index in [0.29, 0.717) is 23.5 Å². The zero-order chi connectivity index (χ0) is 21.3. The molecular weight excluding hydrogens is 386 g/mol. The average Bonchev–Trinajstić information content (AvgIpc) is 3.31. The van der Waals surface area contributed by atoms with Crippen LogP contribution in [0.4, 0.5) is 0 Å². The number of nitrogens with zero attached hydrogens (tertiary/aromatic N) is 3. The van der Waals surface area contributed by atoms with Crippen LogP contribution in [0, 0.1) is 13.8 Å². The molecule has 0 saturated carbocycles. The van der Waals surface area contributed by atoms with E-state index >= 15 is 0 Å². The number of fused-ring (bicyclic) bond motifs is 1. The summed E-state index contributed by atoms with van der Waals surface area (Å²) in [6.07, 6.45) is 3.77. The zero-order valence-electron chi connectivity index (χ0n) is 17.6. The highest BCUT2D eigenvalue weighted by molar-refractivity contribution is 6.07.